The second-order valence-electron chi connectivity index (χ2n) is 3.28. The normalized spacial score (nSPS) is 11.8. The van der Waals surface area contributed by atoms with Crippen molar-refractivity contribution < 1.29 is 31.5 Å². The van der Waals surface area contributed by atoms with Crippen LogP contribution in [0.15, 0.2) is 6.07 Å². The molecular formula is C10H7F5INO2. The first-order chi connectivity index (χ1) is 8.68. The second-order valence-corrected chi connectivity index (χ2v) is 4.30. The van der Waals surface area contributed by atoms with Gasteiger partial charge in [0.1, 0.15) is 9.39 Å². The molecule has 0 unspecified atom stereocenters. The summed E-state index contributed by atoms with van der Waals surface area (Å²) in [7, 11) is 0. The van der Waals surface area contributed by atoms with Gasteiger partial charge in [0.15, 0.2) is 0 Å². The Morgan fingerprint density at radius 2 is 2.05 bits per heavy atom. The summed E-state index contributed by atoms with van der Waals surface area (Å²) in [5, 5.41) is 0. The number of esters is 1. The highest BCUT2D eigenvalue weighted by Gasteiger charge is 2.36. The van der Waals surface area contributed by atoms with Crippen LogP contribution in [0.4, 0.5) is 22.0 Å². The van der Waals surface area contributed by atoms with Crippen LogP contribution in [0.25, 0.3) is 0 Å². The van der Waals surface area contributed by atoms with Crippen molar-refractivity contribution in [1.29, 1.82) is 0 Å². The zero-order valence-electron chi connectivity index (χ0n) is 9.39. The summed E-state index contributed by atoms with van der Waals surface area (Å²) in [6, 6.07) is 0.342. The van der Waals surface area contributed by atoms with Crippen molar-refractivity contribution in [2.45, 2.75) is 19.5 Å². The van der Waals surface area contributed by atoms with Gasteiger partial charge in [0, 0.05) is 0 Å². The smallest absolute Gasteiger partial charge is 0.418 e. The lowest BCUT2D eigenvalue weighted by Gasteiger charge is -2.13. The minimum atomic E-state index is -4.79. The standard InChI is InChI=1S/C10H7F5INO2/c1-2-19-9(18)4-3-5(10(13,14)15)8(16)17-6(4)7(11)12/h3,7H,2H2,1H3. The Hall–Kier alpha value is -1.00. The van der Waals surface area contributed by atoms with Crippen LogP contribution in [-0.2, 0) is 10.9 Å². The molecule has 1 aromatic rings. The molecule has 0 spiro atoms. The molecular weight excluding hydrogens is 388 g/mol. The molecule has 0 aromatic carbocycles. The van der Waals surface area contributed by atoms with E-state index in [9.17, 15) is 26.7 Å². The molecule has 0 saturated heterocycles. The van der Waals surface area contributed by atoms with Crippen molar-refractivity contribution in [2.24, 2.45) is 0 Å². The minimum absolute atomic E-state index is 0.144. The van der Waals surface area contributed by atoms with E-state index >= 15 is 0 Å². The van der Waals surface area contributed by atoms with Gasteiger partial charge in [-0.2, -0.15) is 13.2 Å². The number of rotatable bonds is 3. The minimum Gasteiger partial charge on any atom is -0.462 e. The van der Waals surface area contributed by atoms with Gasteiger partial charge >= 0.3 is 12.1 Å². The van der Waals surface area contributed by atoms with E-state index in [1.54, 1.807) is 0 Å². The van der Waals surface area contributed by atoms with Crippen molar-refractivity contribution in [3.8, 4) is 0 Å². The Morgan fingerprint density at radius 1 is 1.47 bits per heavy atom. The monoisotopic (exact) mass is 395 g/mol. The van der Waals surface area contributed by atoms with E-state index in [1.165, 1.54) is 29.5 Å². The molecule has 3 nitrogen and oxygen atoms in total. The Bertz CT molecular complexity index is 490. The molecule has 1 rings (SSSR count). The lowest BCUT2D eigenvalue weighted by molar-refractivity contribution is -0.138. The van der Waals surface area contributed by atoms with Crippen LogP contribution >= 0.6 is 22.6 Å². The summed E-state index contributed by atoms with van der Waals surface area (Å²) in [6.45, 7) is 1.26. The lowest BCUT2D eigenvalue weighted by atomic mass is 10.1. The van der Waals surface area contributed by atoms with Gasteiger partial charge in [-0.1, -0.05) is 0 Å². The van der Waals surface area contributed by atoms with Crippen molar-refractivity contribution in [3.05, 3.63) is 26.6 Å². The molecule has 0 bridgehead atoms. The summed E-state index contributed by atoms with van der Waals surface area (Å²) in [5.74, 6) is -1.26. The number of carbonyl (C=O) groups excluding carboxylic acids is 1. The maximum absolute atomic E-state index is 12.7. The third-order valence-electron chi connectivity index (χ3n) is 2.01. The van der Waals surface area contributed by atoms with Crippen LogP contribution in [0.2, 0.25) is 0 Å². The molecule has 0 atom stereocenters. The molecule has 0 saturated carbocycles. The van der Waals surface area contributed by atoms with Crippen LogP contribution in [0.5, 0.6) is 0 Å². The molecule has 0 radical (unpaired) electrons. The van der Waals surface area contributed by atoms with Crippen LogP contribution in [0.3, 0.4) is 0 Å². The first-order valence-corrected chi connectivity index (χ1v) is 5.99. The molecule has 19 heavy (non-hydrogen) atoms. The maximum atomic E-state index is 12.7. The summed E-state index contributed by atoms with van der Waals surface area (Å²) in [6.07, 6.45) is -7.96. The van der Waals surface area contributed by atoms with Gasteiger partial charge in [-0.15, -0.1) is 0 Å². The highest BCUT2D eigenvalue weighted by atomic mass is 127. The fourth-order valence-corrected chi connectivity index (χ4v) is 1.96. The van der Waals surface area contributed by atoms with E-state index in [0.29, 0.717) is 6.07 Å². The summed E-state index contributed by atoms with van der Waals surface area (Å²) < 4.78 is 67.0. The van der Waals surface area contributed by atoms with Gasteiger partial charge in [0.05, 0.1) is 17.7 Å². The number of hydrogen-bond acceptors (Lipinski definition) is 3. The van der Waals surface area contributed by atoms with Crippen LogP contribution in [-0.4, -0.2) is 17.6 Å². The van der Waals surface area contributed by atoms with Crippen molar-refractivity contribution in [3.63, 3.8) is 0 Å². The predicted octanol–water partition coefficient (Wildman–Crippen LogP) is 3.82. The fourth-order valence-electron chi connectivity index (χ4n) is 1.24. The van der Waals surface area contributed by atoms with Crippen molar-refractivity contribution >= 4 is 28.6 Å². The second kappa shape index (κ2) is 5.97. The SMILES string of the molecule is CCOC(=O)c1cc(C(F)(F)F)c(I)nc1C(F)F. The van der Waals surface area contributed by atoms with Crippen LogP contribution < -0.4 is 0 Å². The third-order valence-corrected chi connectivity index (χ3v) is 2.84. The lowest BCUT2D eigenvalue weighted by Crippen LogP contribution is -2.16. The average Bonchev–Trinajstić information content (AvgIpc) is 2.26. The maximum Gasteiger partial charge on any atom is 0.418 e. The number of hydrogen-bond donors (Lipinski definition) is 0. The van der Waals surface area contributed by atoms with Gasteiger partial charge in [0.2, 0.25) is 0 Å². The van der Waals surface area contributed by atoms with Gasteiger partial charge in [-0.05, 0) is 35.6 Å². The number of carbonyl (C=O) groups is 1. The predicted molar refractivity (Wildman–Crippen MR) is 62.9 cm³/mol. The number of pyridine rings is 1. The molecule has 0 fully saturated rings. The van der Waals surface area contributed by atoms with Crippen LogP contribution in [0.1, 0.15) is 35.0 Å². The number of nitrogens with zero attached hydrogens (tertiary/aromatic N) is 1. The number of alkyl halides is 5. The molecule has 0 aliphatic carbocycles. The van der Waals surface area contributed by atoms with Gasteiger partial charge in [0.25, 0.3) is 6.43 Å². The van der Waals surface area contributed by atoms with Crippen LogP contribution in [0, 0.1) is 3.70 Å². The average molecular weight is 395 g/mol. The van der Waals surface area contributed by atoms with E-state index in [4.69, 9.17) is 0 Å². The summed E-state index contributed by atoms with van der Waals surface area (Å²) in [4.78, 5) is 14.6. The Morgan fingerprint density at radius 3 is 2.47 bits per heavy atom. The summed E-state index contributed by atoms with van der Waals surface area (Å²) >= 11 is 1.19. The highest BCUT2D eigenvalue weighted by Crippen LogP contribution is 2.35. The fraction of sp³-hybridized carbons (Fsp3) is 0.400. The molecule has 0 aliphatic heterocycles. The van der Waals surface area contributed by atoms with Crippen molar-refractivity contribution in [1.82, 2.24) is 4.98 Å². The number of ether oxygens (including phenoxy) is 1. The summed E-state index contributed by atoms with van der Waals surface area (Å²) in [5.41, 5.74) is -3.14. The molecule has 0 amide bonds. The molecule has 0 aliphatic rings. The van der Waals surface area contributed by atoms with Gasteiger partial charge in [-0.3, -0.25) is 0 Å². The topological polar surface area (TPSA) is 39.2 Å². The zero-order valence-corrected chi connectivity index (χ0v) is 11.6. The van der Waals surface area contributed by atoms with Gasteiger partial charge in [-0.25, -0.2) is 18.6 Å². The number of aromatic nitrogens is 1. The molecule has 106 valence electrons. The van der Waals surface area contributed by atoms with E-state index in [1.807, 2.05) is 0 Å². The largest absolute Gasteiger partial charge is 0.462 e. The van der Waals surface area contributed by atoms with E-state index < -0.39 is 39.1 Å². The first kappa shape index (κ1) is 16.1. The molecule has 1 aromatic heterocycles. The quantitative estimate of drug-likeness (QED) is 0.338. The molecule has 1 heterocycles. The Balaban J connectivity index is 3.44. The third kappa shape index (κ3) is 3.74. The van der Waals surface area contributed by atoms with E-state index in [2.05, 4.69) is 9.72 Å². The van der Waals surface area contributed by atoms with Crippen molar-refractivity contribution in [2.75, 3.05) is 6.61 Å². The highest BCUT2D eigenvalue weighted by molar-refractivity contribution is 14.1. The first-order valence-electron chi connectivity index (χ1n) is 4.91. The Kier molecular flexibility index (Phi) is 5.04. The zero-order chi connectivity index (χ0) is 14.8. The van der Waals surface area contributed by atoms with E-state index in [0.717, 1.165) is 0 Å². The Labute approximate surface area is 118 Å². The van der Waals surface area contributed by atoms with E-state index in [-0.39, 0.29) is 6.61 Å². The molecule has 0 N–H and O–H groups in total. The molecule has 9 heteroatoms. The number of halogens is 6. The van der Waals surface area contributed by atoms with Gasteiger partial charge < -0.3 is 4.74 Å².